The lowest BCUT2D eigenvalue weighted by Gasteiger charge is -2.13. The van der Waals surface area contributed by atoms with Crippen molar-refractivity contribution < 1.29 is 18.6 Å². The number of nitrogens with zero attached hydrogens (tertiary/aromatic N) is 1. The minimum atomic E-state index is 0.558. The maximum Gasteiger partial charge on any atom is 0.203 e. The van der Waals surface area contributed by atoms with E-state index in [4.69, 9.17) is 18.6 Å². The third-order valence-corrected chi connectivity index (χ3v) is 2.39. The van der Waals surface area contributed by atoms with Crippen molar-refractivity contribution in [1.82, 2.24) is 4.98 Å². The summed E-state index contributed by atoms with van der Waals surface area (Å²) >= 11 is 0. The second-order valence-electron chi connectivity index (χ2n) is 3.29. The predicted molar refractivity (Wildman–Crippen MR) is 61.6 cm³/mol. The van der Waals surface area contributed by atoms with Crippen molar-refractivity contribution in [2.45, 2.75) is 0 Å². The normalized spacial score (nSPS) is 10.1. The fraction of sp³-hybridized carbons (Fsp3) is 0.250. The number of benzene rings is 1. The van der Waals surface area contributed by atoms with Gasteiger partial charge in [0.1, 0.15) is 12.0 Å². The number of oxazole rings is 1. The molecule has 0 spiro atoms. The monoisotopic (exact) mass is 235 g/mol. The average molecular weight is 235 g/mol. The molecule has 0 amide bonds. The molecule has 0 radical (unpaired) electrons. The first kappa shape index (κ1) is 11.3. The first-order valence-electron chi connectivity index (χ1n) is 4.98. The van der Waals surface area contributed by atoms with Crippen LogP contribution in [0.5, 0.6) is 17.2 Å². The number of methoxy groups -OCH3 is 3. The van der Waals surface area contributed by atoms with Crippen LogP contribution in [0.3, 0.4) is 0 Å². The summed E-state index contributed by atoms with van der Waals surface area (Å²) in [7, 11) is 4.71. The van der Waals surface area contributed by atoms with Gasteiger partial charge >= 0.3 is 0 Å². The zero-order chi connectivity index (χ0) is 12.3. The van der Waals surface area contributed by atoms with Crippen molar-refractivity contribution in [2.24, 2.45) is 0 Å². The van der Waals surface area contributed by atoms with E-state index < -0.39 is 0 Å². The highest BCUT2D eigenvalue weighted by atomic mass is 16.5. The Labute approximate surface area is 98.9 Å². The van der Waals surface area contributed by atoms with E-state index in [-0.39, 0.29) is 0 Å². The summed E-state index contributed by atoms with van der Waals surface area (Å²) in [5, 5.41) is 0. The molecule has 0 saturated carbocycles. The van der Waals surface area contributed by atoms with Crippen LogP contribution in [0.2, 0.25) is 0 Å². The molecule has 2 rings (SSSR count). The van der Waals surface area contributed by atoms with Crippen LogP contribution in [-0.4, -0.2) is 26.3 Å². The lowest BCUT2D eigenvalue weighted by molar-refractivity contribution is 0.324. The SMILES string of the molecule is COc1cc(-c2cocn2)cc(OC)c1OC. The third-order valence-electron chi connectivity index (χ3n) is 2.39. The Morgan fingerprint density at radius 3 is 2.06 bits per heavy atom. The summed E-state index contributed by atoms with van der Waals surface area (Å²) in [5.74, 6) is 1.73. The molecule has 0 bridgehead atoms. The van der Waals surface area contributed by atoms with Gasteiger partial charge < -0.3 is 18.6 Å². The zero-order valence-electron chi connectivity index (χ0n) is 9.89. The van der Waals surface area contributed by atoms with E-state index in [0.717, 1.165) is 5.56 Å². The molecule has 0 aliphatic carbocycles. The summed E-state index contributed by atoms with van der Waals surface area (Å²) in [5.41, 5.74) is 1.55. The molecule has 0 atom stereocenters. The second kappa shape index (κ2) is 4.78. The summed E-state index contributed by atoms with van der Waals surface area (Å²) in [6, 6.07) is 3.64. The maximum absolute atomic E-state index is 5.25. The molecule has 1 aromatic carbocycles. The Morgan fingerprint density at radius 1 is 1.00 bits per heavy atom. The molecule has 0 aliphatic rings. The first-order chi connectivity index (χ1) is 8.30. The Morgan fingerprint density at radius 2 is 1.65 bits per heavy atom. The number of hydrogen-bond donors (Lipinski definition) is 0. The lowest BCUT2D eigenvalue weighted by Crippen LogP contribution is -1.95. The molecule has 17 heavy (non-hydrogen) atoms. The Balaban J connectivity index is 2.56. The highest BCUT2D eigenvalue weighted by Crippen LogP contribution is 2.40. The molecule has 0 unspecified atom stereocenters. The highest BCUT2D eigenvalue weighted by Gasteiger charge is 2.14. The van der Waals surface area contributed by atoms with Crippen molar-refractivity contribution in [3.8, 4) is 28.5 Å². The van der Waals surface area contributed by atoms with Crippen molar-refractivity contribution in [2.75, 3.05) is 21.3 Å². The molecular weight excluding hydrogens is 222 g/mol. The number of rotatable bonds is 4. The molecule has 2 aromatic rings. The largest absolute Gasteiger partial charge is 0.493 e. The van der Waals surface area contributed by atoms with Gasteiger partial charge in [-0.05, 0) is 12.1 Å². The topological polar surface area (TPSA) is 53.7 Å². The summed E-state index contributed by atoms with van der Waals surface area (Å²) in [4.78, 5) is 4.07. The molecule has 0 aliphatic heterocycles. The molecule has 0 saturated heterocycles. The minimum Gasteiger partial charge on any atom is -0.493 e. The molecule has 5 heteroatoms. The van der Waals surface area contributed by atoms with E-state index in [9.17, 15) is 0 Å². The highest BCUT2D eigenvalue weighted by molar-refractivity contribution is 5.67. The fourth-order valence-corrected chi connectivity index (χ4v) is 1.58. The van der Waals surface area contributed by atoms with Gasteiger partial charge in [0.2, 0.25) is 5.75 Å². The van der Waals surface area contributed by atoms with E-state index in [1.54, 1.807) is 27.6 Å². The lowest BCUT2D eigenvalue weighted by atomic mass is 10.1. The third kappa shape index (κ3) is 2.04. The van der Waals surface area contributed by atoms with Crippen LogP contribution < -0.4 is 14.2 Å². The molecule has 5 nitrogen and oxygen atoms in total. The zero-order valence-corrected chi connectivity index (χ0v) is 9.89. The van der Waals surface area contributed by atoms with Crippen molar-refractivity contribution in [3.05, 3.63) is 24.8 Å². The van der Waals surface area contributed by atoms with Crippen LogP contribution in [0, 0.1) is 0 Å². The van der Waals surface area contributed by atoms with E-state index in [2.05, 4.69) is 4.98 Å². The summed E-state index contributed by atoms with van der Waals surface area (Å²) in [6.07, 6.45) is 2.93. The van der Waals surface area contributed by atoms with Crippen molar-refractivity contribution in [1.29, 1.82) is 0 Å². The smallest absolute Gasteiger partial charge is 0.203 e. The molecule has 1 aromatic heterocycles. The van der Waals surface area contributed by atoms with Crippen LogP contribution in [0.25, 0.3) is 11.3 Å². The van der Waals surface area contributed by atoms with Gasteiger partial charge in [-0.2, -0.15) is 0 Å². The van der Waals surface area contributed by atoms with Gasteiger partial charge in [-0.3, -0.25) is 0 Å². The van der Waals surface area contributed by atoms with Crippen molar-refractivity contribution >= 4 is 0 Å². The van der Waals surface area contributed by atoms with Gasteiger partial charge in [-0.25, -0.2) is 4.98 Å². The van der Waals surface area contributed by atoms with Crippen LogP contribution in [0.1, 0.15) is 0 Å². The standard InChI is InChI=1S/C12H13NO4/c1-14-10-4-8(9-6-17-7-13-9)5-11(15-2)12(10)16-3/h4-7H,1-3H3. The Hall–Kier alpha value is -2.17. The maximum atomic E-state index is 5.25. The van der Waals surface area contributed by atoms with Crippen LogP contribution in [0.15, 0.2) is 29.2 Å². The van der Waals surface area contributed by atoms with E-state index in [0.29, 0.717) is 22.9 Å². The second-order valence-corrected chi connectivity index (χ2v) is 3.29. The minimum absolute atomic E-state index is 0.558. The van der Waals surface area contributed by atoms with E-state index in [1.807, 2.05) is 12.1 Å². The van der Waals surface area contributed by atoms with Gasteiger partial charge in [-0.1, -0.05) is 0 Å². The number of ether oxygens (including phenoxy) is 3. The average Bonchev–Trinajstić information content (AvgIpc) is 2.90. The number of hydrogen-bond acceptors (Lipinski definition) is 5. The molecule has 0 N–H and O–H groups in total. The Bertz CT molecular complexity index is 468. The van der Waals surface area contributed by atoms with Gasteiger partial charge in [0, 0.05) is 5.56 Å². The first-order valence-corrected chi connectivity index (χ1v) is 4.98. The van der Waals surface area contributed by atoms with Gasteiger partial charge in [0.05, 0.1) is 21.3 Å². The van der Waals surface area contributed by atoms with E-state index in [1.165, 1.54) is 6.39 Å². The van der Waals surface area contributed by atoms with Gasteiger partial charge in [-0.15, -0.1) is 0 Å². The molecular formula is C12H13NO4. The quantitative estimate of drug-likeness (QED) is 0.814. The number of aromatic nitrogens is 1. The van der Waals surface area contributed by atoms with Gasteiger partial charge in [0.15, 0.2) is 17.9 Å². The summed E-state index contributed by atoms with van der Waals surface area (Å²) < 4.78 is 20.7. The van der Waals surface area contributed by atoms with Gasteiger partial charge in [0.25, 0.3) is 0 Å². The molecule has 1 heterocycles. The fourth-order valence-electron chi connectivity index (χ4n) is 1.58. The van der Waals surface area contributed by atoms with Crippen LogP contribution in [0.4, 0.5) is 0 Å². The summed E-state index contributed by atoms with van der Waals surface area (Å²) in [6.45, 7) is 0. The Kier molecular flexibility index (Phi) is 3.18. The molecule has 90 valence electrons. The molecule has 0 fully saturated rings. The van der Waals surface area contributed by atoms with Crippen LogP contribution >= 0.6 is 0 Å². The predicted octanol–water partition coefficient (Wildman–Crippen LogP) is 2.37. The van der Waals surface area contributed by atoms with Crippen molar-refractivity contribution in [3.63, 3.8) is 0 Å². The van der Waals surface area contributed by atoms with E-state index >= 15 is 0 Å². The van der Waals surface area contributed by atoms with Crippen LogP contribution in [-0.2, 0) is 0 Å².